The van der Waals surface area contributed by atoms with Gasteiger partial charge >= 0.3 is 0 Å². The highest BCUT2D eigenvalue weighted by Gasteiger charge is 2.24. The van der Waals surface area contributed by atoms with Crippen LogP contribution in [0.1, 0.15) is 29.5 Å². The molecule has 6 heteroatoms. The minimum Gasteiger partial charge on any atom is -0.459 e. The molecule has 0 aliphatic heterocycles. The van der Waals surface area contributed by atoms with E-state index in [0.29, 0.717) is 12.8 Å². The molecule has 2 atom stereocenters. The molecule has 3 N–H and O–H groups in total. The molecule has 0 saturated carbocycles. The van der Waals surface area contributed by atoms with Crippen molar-refractivity contribution in [3.63, 3.8) is 0 Å². The van der Waals surface area contributed by atoms with Gasteiger partial charge in [-0.15, -0.1) is 0 Å². The fourth-order valence-electron chi connectivity index (χ4n) is 2.31. The molecule has 0 radical (unpaired) electrons. The fraction of sp³-hybridized carbons (Fsp3) is 0.333. The van der Waals surface area contributed by atoms with E-state index in [4.69, 9.17) is 9.52 Å². The van der Waals surface area contributed by atoms with E-state index in [0.717, 1.165) is 5.56 Å². The zero-order valence-electron chi connectivity index (χ0n) is 13.6. The molecule has 6 nitrogen and oxygen atoms in total. The van der Waals surface area contributed by atoms with Crippen LogP contribution in [0, 0.1) is 0 Å². The molecule has 2 amide bonds. The Morgan fingerprint density at radius 3 is 2.50 bits per heavy atom. The van der Waals surface area contributed by atoms with Crippen molar-refractivity contribution in [2.24, 2.45) is 0 Å². The molecule has 1 aromatic heterocycles. The van der Waals surface area contributed by atoms with E-state index in [1.165, 1.54) is 6.26 Å². The zero-order valence-corrected chi connectivity index (χ0v) is 13.6. The molecule has 0 saturated heterocycles. The summed E-state index contributed by atoms with van der Waals surface area (Å²) in [5.41, 5.74) is 0.937. The van der Waals surface area contributed by atoms with Gasteiger partial charge in [-0.2, -0.15) is 0 Å². The van der Waals surface area contributed by atoms with Crippen molar-refractivity contribution in [1.29, 1.82) is 0 Å². The zero-order chi connectivity index (χ0) is 17.4. The number of hydrogen-bond acceptors (Lipinski definition) is 4. The molecular weight excluding hydrogens is 308 g/mol. The predicted molar refractivity (Wildman–Crippen MR) is 89.4 cm³/mol. The van der Waals surface area contributed by atoms with E-state index < -0.39 is 11.9 Å². The Balaban J connectivity index is 2.08. The predicted octanol–water partition coefficient (Wildman–Crippen LogP) is 1.51. The van der Waals surface area contributed by atoms with E-state index in [1.54, 1.807) is 12.1 Å². The minimum absolute atomic E-state index is 0.0104. The number of amides is 2. The molecule has 1 heterocycles. The van der Waals surface area contributed by atoms with E-state index >= 15 is 0 Å². The molecule has 2 rings (SSSR count). The summed E-state index contributed by atoms with van der Waals surface area (Å²) in [6.45, 7) is 1.80. The van der Waals surface area contributed by atoms with Crippen LogP contribution in [-0.2, 0) is 11.2 Å². The van der Waals surface area contributed by atoms with Crippen LogP contribution in [-0.4, -0.2) is 35.6 Å². The highest BCUT2D eigenvalue weighted by molar-refractivity contribution is 5.95. The molecule has 0 aliphatic rings. The number of carbonyl (C=O) groups excluding carboxylic acids is 2. The summed E-state index contributed by atoms with van der Waals surface area (Å²) in [5.74, 6) is -0.574. The maximum atomic E-state index is 12.5. The summed E-state index contributed by atoms with van der Waals surface area (Å²) < 4.78 is 5.07. The van der Waals surface area contributed by atoms with Crippen molar-refractivity contribution in [3.05, 3.63) is 60.1 Å². The van der Waals surface area contributed by atoms with Crippen molar-refractivity contribution in [2.45, 2.75) is 31.8 Å². The van der Waals surface area contributed by atoms with Gasteiger partial charge in [0.2, 0.25) is 5.91 Å². The van der Waals surface area contributed by atoms with Crippen LogP contribution in [0.5, 0.6) is 0 Å². The Morgan fingerprint density at radius 2 is 1.88 bits per heavy atom. The van der Waals surface area contributed by atoms with Gasteiger partial charge in [0.1, 0.15) is 6.04 Å². The number of hydrogen-bond donors (Lipinski definition) is 3. The molecule has 128 valence electrons. The summed E-state index contributed by atoms with van der Waals surface area (Å²) in [6.07, 6.45) is 2.23. The minimum atomic E-state index is -0.730. The second kappa shape index (κ2) is 8.88. The number of benzene rings is 1. The van der Waals surface area contributed by atoms with Crippen LogP contribution in [0.15, 0.2) is 53.1 Å². The molecule has 0 aliphatic carbocycles. The first-order valence-electron chi connectivity index (χ1n) is 7.89. The van der Waals surface area contributed by atoms with Crippen LogP contribution in [0.3, 0.4) is 0 Å². The highest BCUT2D eigenvalue weighted by Crippen LogP contribution is 2.06. The maximum Gasteiger partial charge on any atom is 0.287 e. The quantitative estimate of drug-likeness (QED) is 0.684. The second-order valence-corrected chi connectivity index (χ2v) is 5.61. The Bertz CT molecular complexity index is 640. The Morgan fingerprint density at radius 1 is 1.12 bits per heavy atom. The van der Waals surface area contributed by atoms with Gasteiger partial charge in [0.25, 0.3) is 5.91 Å². The second-order valence-electron chi connectivity index (χ2n) is 5.61. The first-order chi connectivity index (χ1) is 11.6. The normalized spacial score (nSPS) is 13.1. The standard InChI is InChI=1S/C18H22N2O4/c1-13(9-10-21)19-17(22)15(12-14-6-3-2-4-7-14)20-18(23)16-8-5-11-24-16/h2-8,11,13,15,21H,9-10,12H2,1H3,(H,19,22)(H,20,23). The Labute approximate surface area is 140 Å². The van der Waals surface area contributed by atoms with Crippen molar-refractivity contribution in [2.75, 3.05) is 6.61 Å². The number of furan rings is 1. The van der Waals surface area contributed by atoms with Crippen molar-refractivity contribution >= 4 is 11.8 Å². The summed E-state index contributed by atoms with van der Waals surface area (Å²) in [6, 6.07) is 11.7. The molecule has 1 aromatic carbocycles. The topological polar surface area (TPSA) is 91.6 Å². The molecule has 2 unspecified atom stereocenters. The third-order valence-electron chi connectivity index (χ3n) is 3.60. The summed E-state index contributed by atoms with van der Waals surface area (Å²) in [7, 11) is 0. The molecular formula is C18H22N2O4. The smallest absolute Gasteiger partial charge is 0.287 e. The van der Waals surface area contributed by atoms with E-state index in [2.05, 4.69) is 10.6 Å². The Kier molecular flexibility index (Phi) is 6.57. The van der Waals surface area contributed by atoms with Crippen LogP contribution >= 0.6 is 0 Å². The van der Waals surface area contributed by atoms with Crippen LogP contribution in [0.25, 0.3) is 0 Å². The first kappa shape index (κ1) is 17.7. The highest BCUT2D eigenvalue weighted by atomic mass is 16.3. The van der Waals surface area contributed by atoms with Gasteiger partial charge in [-0.1, -0.05) is 30.3 Å². The number of rotatable bonds is 8. The number of carbonyl (C=O) groups is 2. The van der Waals surface area contributed by atoms with Crippen molar-refractivity contribution < 1.29 is 19.1 Å². The lowest BCUT2D eigenvalue weighted by atomic mass is 10.0. The number of aliphatic hydroxyl groups excluding tert-OH is 1. The van der Waals surface area contributed by atoms with Gasteiger partial charge in [0.05, 0.1) is 6.26 Å². The molecule has 0 spiro atoms. The van der Waals surface area contributed by atoms with Gasteiger partial charge in [-0.25, -0.2) is 0 Å². The van der Waals surface area contributed by atoms with Crippen LogP contribution in [0.4, 0.5) is 0 Å². The van der Waals surface area contributed by atoms with Gasteiger partial charge < -0.3 is 20.2 Å². The Hall–Kier alpha value is -2.60. The summed E-state index contributed by atoms with van der Waals surface area (Å²) >= 11 is 0. The third kappa shape index (κ3) is 5.24. The van der Waals surface area contributed by atoms with Crippen molar-refractivity contribution in [3.8, 4) is 0 Å². The molecule has 2 aromatic rings. The maximum absolute atomic E-state index is 12.5. The lowest BCUT2D eigenvalue weighted by molar-refractivity contribution is -0.123. The number of nitrogens with one attached hydrogen (secondary N) is 2. The van der Waals surface area contributed by atoms with E-state index in [-0.39, 0.29) is 24.3 Å². The largest absolute Gasteiger partial charge is 0.459 e. The van der Waals surface area contributed by atoms with Gasteiger partial charge in [-0.3, -0.25) is 9.59 Å². The average Bonchev–Trinajstić information content (AvgIpc) is 3.10. The van der Waals surface area contributed by atoms with E-state index in [9.17, 15) is 9.59 Å². The summed E-state index contributed by atoms with van der Waals surface area (Å²) in [5, 5.41) is 14.5. The average molecular weight is 330 g/mol. The van der Waals surface area contributed by atoms with E-state index in [1.807, 2.05) is 37.3 Å². The lowest BCUT2D eigenvalue weighted by Crippen LogP contribution is -2.50. The third-order valence-corrected chi connectivity index (χ3v) is 3.60. The monoisotopic (exact) mass is 330 g/mol. The first-order valence-corrected chi connectivity index (χ1v) is 7.89. The lowest BCUT2D eigenvalue weighted by Gasteiger charge is -2.21. The molecule has 0 bridgehead atoms. The number of aliphatic hydroxyl groups is 1. The van der Waals surface area contributed by atoms with Gasteiger partial charge in [0.15, 0.2) is 5.76 Å². The fourth-order valence-corrected chi connectivity index (χ4v) is 2.31. The SMILES string of the molecule is CC(CCO)NC(=O)C(Cc1ccccc1)NC(=O)c1ccco1. The summed E-state index contributed by atoms with van der Waals surface area (Å²) in [4.78, 5) is 24.7. The van der Waals surface area contributed by atoms with Crippen LogP contribution < -0.4 is 10.6 Å². The molecule has 0 fully saturated rings. The van der Waals surface area contributed by atoms with Gasteiger partial charge in [0, 0.05) is 19.1 Å². The van der Waals surface area contributed by atoms with Crippen molar-refractivity contribution in [1.82, 2.24) is 10.6 Å². The van der Waals surface area contributed by atoms with Gasteiger partial charge in [-0.05, 0) is 31.0 Å². The van der Waals surface area contributed by atoms with Crippen LogP contribution in [0.2, 0.25) is 0 Å². The molecule has 24 heavy (non-hydrogen) atoms.